The SMILES string of the molecule is N#CC#Cc1ccc(Cl)c([N+](=O)[O-])c1. The first-order chi connectivity index (χ1) is 6.65. The smallest absolute Gasteiger partial charge is 0.258 e. The third kappa shape index (κ3) is 2.22. The van der Waals surface area contributed by atoms with E-state index >= 15 is 0 Å². The van der Waals surface area contributed by atoms with E-state index < -0.39 is 4.92 Å². The van der Waals surface area contributed by atoms with E-state index in [0.717, 1.165) is 0 Å². The van der Waals surface area contributed by atoms with Gasteiger partial charge >= 0.3 is 0 Å². The fourth-order valence-electron chi connectivity index (χ4n) is 0.830. The molecule has 0 bridgehead atoms. The summed E-state index contributed by atoms with van der Waals surface area (Å²) in [4.78, 5) is 9.86. The number of halogens is 1. The Labute approximate surface area is 84.9 Å². The second-order valence-corrected chi connectivity index (χ2v) is 2.69. The normalized spacial score (nSPS) is 8.29. The van der Waals surface area contributed by atoms with Gasteiger partial charge in [0.1, 0.15) is 5.02 Å². The van der Waals surface area contributed by atoms with Gasteiger partial charge in [0, 0.05) is 17.6 Å². The van der Waals surface area contributed by atoms with Crippen molar-refractivity contribution >= 4 is 17.3 Å². The van der Waals surface area contributed by atoms with Crippen molar-refractivity contribution in [3.8, 4) is 17.9 Å². The van der Waals surface area contributed by atoms with Crippen molar-refractivity contribution in [3.05, 3.63) is 38.9 Å². The summed E-state index contributed by atoms with van der Waals surface area (Å²) in [5.41, 5.74) is 0.180. The lowest BCUT2D eigenvalue weighted by molar-refractivity contribution is -0.384. The minimum absolute atomic E-state index is 0.0532. The lowest BCUT2D eigenvalue weighted by atomic mass is 10.2. The molecule has 0 aliphatic rings. The summed E-state index contributed by atoms with van der Waals surface area (Å²) in [5.74, 6) is 4.58. The van der Waals surface area contributed by atoms with Gasteiger partial charge in [0.25, 0.3) is 5.69 Å². The van der Waals surface area contributed by atoms with Crippen molar-refractivity contribution in [2.24, 2.45) is 0 Å². The third-order valence-corrected chi connectivity index (χ3v) is 1.73. The topological polar surface area (TPSA) is 66.9 Å². The molecule has 1 aromatic rings. The Kier molecular flexibility index (Phi) is 3.06. The number of nitriles is 1. The highest BCUT2D eigenvalue weighted by Crippen LogP contribution is 2.24. The molecule has 0 amide bonds. The molecule has 0 N–H and O–H groups in total. The van der Waals surface area contributed by atoms with E-state index in [2.05, 4.69) is 11.8 Å². The summed E-state index contributed by atoms with van der Waals surface area (Å²) in [6.45, 7) is 0. The molecule has 0 spiro atoms. The van der Waals surface area contributed by atoms with Crippen LogP contribution < -0.4 is 0 Å². The molecular formula is C9H3ClN2O2. The molecule has 1 rings (SSSR count). The number of hydrogen-bond donors (Lipinski definition) is 0. The molecule has 1 aromatic carbocycles. The lowest BCUT2D eigenvalue weighted by Gasteiger charge is -1.94. The van der Waals surface area contributed by atoms with Gasteiger partial charge in [-0.3, -0.25) is 10.1 Å². The summed E-state index contributed by atoms with van der Waals surface area (Å²) in [5, 5.41) is 18.7. The van der Waals surface area contributed by atoms with Crippen LogP contribution in [0, 0.1) is 33.3 Å². The Morgan fingerprint density at radius 2 is 2.21 bits per heavy atom. The lowest BCUT2D eigenvalue weighted by Crippen LogP contribution is -1.89. The second-order valence-electron chi connectivity index (χ2n) is 2.29. The van der Waals surface area contributed by atoms with Gasteiger partial charge in [-0.1, -0.05) is 17.5 Å². The summed E-state index contributed by atoms with van der Waals surface area (Å²) < 4.78 is 0. The summed E-state index contributed by atoms with van der Waals surface area (Å²) in [6, 6.07) is 5.73. The van der Waals surface area contributed by atoms with Crippen LogP contribution in [0.1, 0.15) is 5.56 Å². The summed E-state index contributed by atoms with van der Waals surface area (Å²) in [7, 11) is 0. The van der Waals surface area contributed by atoms with E-state index in [0.29, 0.717) is 5.56 Å². The number of benzene rings is 1. The minimum Gasteiger partial charge on any atom is -0.258 e. The van der Waals surface area contributed by atoms with E-state index in [1.165, 1.54) is 18.2 Å². The van der Waals surface area contributed by atoms with Gasteiger partial charge in [-0.05, 0) is 12.1 Å². The van der Waals surface area contributed by atoms with Gasteiger partial charge in [-0.15, -0.1) is 0 Å². The highest BCUT2D eigenvalue weighted by atomic mass is 35.5. The molecule has 0 radical (unpaired) electrons. The van der Waals surface area contributed by atoms with Crippen molar-refractivity contribution in [1.82, 2.24) is 0 Å². The van der Waals surface area contributed by atoms with Crippen molar-refractivity contribution in [3.63, 3.8) is 0 Å². The molecule has 0 fully saturated rings. The van der Waals surface area contributed by atoms with Crippen LogP contribution in [0.5, 0.6) is 0 Å². The molecule has 0 saturated carbocycles. The predicted molar refractivity (Wildman–Crippen MR) is 50.6 cm³/mol. The molecule has 5 heteroatoms. The number of nitro benzene ring substituents is 1. The molecule has 4 nitrogen and oxygen atoms in total. The Morgan fingerprint density at radius 1 is 1.50 bits per heavy atom. The van der Waals surface area contributed by atoms with Gasteiger partial charge < -0.3 is 0 Å². The average Bonchev–Trinajstić information content (AvgIpc) is 2.16. The molecule has 14 heavy (non-hydrogen) atoms. The second kappa shape index (κ2) is 4.27. The van der Waals surface area contributed by atoms with Crippen molar-refractivity contribution < 1.29 is 4.92 Å². The quantitative estimate of drug-likeness (QED) is 0.402. The molecule has 0 heterocycles. The molecule has 0 aliphatic carbocycles. The van der Waals surface area contributed by atoms with Crippen molar-refractivity contribution in [2.45, 2.75) is 0 Å². The summed E-state index contributed by atoms with van der Waals surface area (Å²) >= 11 is 5.57. The largest absolute Gasteiger partial charge is 0.289 e. The van der Waals surface area contributed by atoms with Crippen LogP contribution in [-0.2, 0) is 0 Å². The monoisotopic (exact) mass is 206 g/mol. The zero-order valence-electron chi connectivity index (χ0n) is 6.82. The Bertz CT molecular complexity index is 480. The molecule has 0 aromatic heterocycles. The van der Waals surface area contributed by atoms with E-state index in [1.807, 2.05) is 0 Å². The van der Waals surface area contributed by atoms with Crippen LogP contribution in [0.3, 0.4) is 0 Å². The van der Waals surface area contributed by atoms with Crippen molar-refractivity contribution in [2.75, 3.05) is 0 Å². The highest BCUT2D eigenvalue weighted by molar-refractivity contribution is 6.32. The van der Waals surface area contributed by atoms with E-state index in [4.69, 9.17) is 16.9 Å². The Balaban J connectivity index is 3.21. The Morgan fingerprint density at radius 3 is 2.79 bits per heavy atom. The number of rotatable bonds is 1. The van der Waals surface area contributed by atoms with Gasteiger partial charge in [0.15, 0.2) is 6.07 Å². The fourth-order valence-corrected chi connectivity index (χ4v) is 1.02. The van der Waals surface area contributed by atoms with Crippen LogP contribution in [0.25, 0.3) is 0 Å². The zero-order chi connectivity index (χ0) is 10.6. The van der Waals surface area contributed by atoms with Crippen LogP contribution >= 0.6 is 11.6 Å². The molecule has 0 atom stereocenters. The van der Waals surface area contributed by atoms with Crippen LogP contribution in [-0.4, -0.2) is 4.92 Å². The molecule has 68 valence electrons. The van der Waals surface area contributed by atoms with Gasteiger partial charge in [0.05, 0.1) is 4.92 Å². The average molecular weight is 207 g/mol. The molecule has 0 saturated heterocycles. The number of hydrogen-bond acceptors (Lipinski definition) is 3. The first-order valence-corrected chi connectivity index (χ1v) is 3.87. The van der Waals surface area contributed by atoms with Gasteiger partial charge in [0.2, 0.25) is 0 Å². The number of nitro groups is 1. The number of nitrogens with zero attached hydrogens (tertiary/aromatic N) is 2. The van der Waals surface area contributed by atoms with Gasteiger partial charge in [-0.25, -0.2) is 0 Å². The van der Waals surface area contributed by atoms with Gasteiger partial charge in [-0.2, -0.15) is 5.26 Å². The van der Waals surface area contributed by atoms with Crippen LogP contribution in [0.4, 0.5) is 5.69 Å². The third-order valence-electron chi connectivity index (χ3n) is 1.41. The maximum absolute atomic E-state index is 10.5. The van der Waals surface area contributed by atoms with E-state index in [1.54, 1.807) is 6.07 Å². The van der Waals surface area contributed by atoms with E-state index in [-0.39, 0.29) is 10.7 Å². The highest BCUT2D eigenvalue weighted by Gasteiger charge is 2.11. The predicted octanol–water partition coefficient (Wildman–Crippen LogP) is 2.12. The maximum atomic E-state index is 10.5. The minimum atomic E-state index is -0.597. The maximum Gasteiger partial charge on any atom is 0.289 e. The van der Waals surface area contributed by atoms with Crippen molar-refractivity contribution in [1.29, 1.82) is 5.26 Å². The standard InChI is InChI=1S/C9H3ClN2O2/c10-8-4-3-7(2-1-5-11)6-9(8)12(13)14/h3-4,6H. The Hall–Kier alpha value is -2.04. The zero-order valence-corrected chi connectivity index (χ0v) is 7.58. The van der Waals surface area contributed by atoms with Crippen LogP contribution in [0.15, 0.2) is 18.2 Å². The molecule has 0 aliphatic heterocycles. The van der Waals surface area contributed by atoms with E-state index in [9.17, 15) is 10.1 Å². The molecule has 0 unspecified atom stereocenters. The summed E-state index contributed by atoms with van der Waals surface area (Å²) in [6.07, 6.45) is 0. The first kappa shape index (κ1) is 10.0. The first-order valence-electron chi connectivity index (χ1n) is 3.49. The van der Waals surface area contributed by atoms with Crippen LogP contribution in [0.2, 0.25) is 5.02 Å². The fraction of sp³-hybridized carbons (Fsp3) is 0. The molecular weight excluding hydrogens is 204 g/mol.